The number of rotatable bonds is 6. The van der Waals surface area contributed by atoms with Crippen LogP contribution in [0.2, 0.25) is 0 Å². The summed E-state index contributed by atoms with van der Waals surface area (Å²) in [4.78, 5) is 13.3. The van der Waals surface area contributed by atoms with E-state index in [2.05, 4.69) is 17.4 Å². The Labute approximate surface area is 141 Å². The molecule has 0 aliphatic heterocycles. The van der Waals surface area contributed by atoms with Crippen LogP contribution in [-0.4, -0.2) is 40.2 Å². The third-order valence-electron chi connectivity index (χ3n) is 3.45. The molecule has 3 N–H and O–H groups in total. The van der Waals surface area contributed by atoms with Crippen molar-refractivity contribution in [1.29, 1.82) is 0 Å². The van der Waals surface area contributed by atoms with E-state index in [1.54, 1.807) is 18.2 Å². The molecule has 0 spiro atoms. The van der Waals surface area contributed by atoms with Gasteiger partial charge in [-0.25, -0.2) is 8.42 Å². The first-order valence-electron chi connectivity index (χ1n) is 6.89. The number of hydrogen-bond donors (Lipinski definition) is 3. The summed E-state index contributed by atoms with van der Waals surface area (Å²) in [5.74, 6) is -0.778. The first-order chi connectivity index (χ1) is 10.8. The number of hydrogen-bond acceptors (Lipinski definition) is 5. The number of primary amides is 1. The van der Waals surface area contributed by atoms with Gasteiger partial charge in [-0.3, -0.25) is 4.79 Å². The zero-order chi connectivity index (χ0) is 17.2. The molecule has 1 atom stereocenters. The number of fused-ring (bicyclic) bond motifs is 1. The average Bonchev–Trinajstić information content (AvgIpc) is 2.50. The van der Waals surface area contributed by atoms with Crippen LogP contribution < -0.4 is 15.4 Å². The van der Waals surface area contributed by atoms with E-state index in [0.717, 1.165) is 11.1 Å². The molecule has 0 aliphatic rings. The van der Waals surface area contributed by atoms with Crippen molar-refractivity contribution in [1.82, 2.24) is 4.72 Å². The highest BCUT2D eigenvalue weighted by molar-refractivity contribution is 7.89. The van der Waals surface area contributed by atoms with Crippen LogP contribution in [0, 0.1) is 0 Å². The maximum atomic E-state index is 12.6. The van der Waals surface area contributed by atoms with Gasteiger partial charge in [0.05, 0.1) is 4.90 Å². The monoisotopic (exact) mass is 353 g/mol. The maximum Gasteiger partial charge on any atom is 0.241 e. The van der Waals surface area contributed by atoms with Gasteiger partial charge in [-0.15, -0.1) is 0 Å². The van der Waals surface area contributed by atoms with Gasteiger partial charge in [0.1, 0.15) is 6.04 Å². The number of sulfonamides is 1. The molecule has 2 aromatic rings. The molecule has 2 rings (SSSR count). The van der Waals surface area contributed by atoms with Crippen molar-refractivity contribution < 1.29 is 13.2 Å². The molecule has 0 saturated carbocycles. The molecule has 0 radical (unpaired) electrons. The lowest BCUT2D eigenvalue weighted by molar-refractivity contribution is -0.119. The fraction of sp³-hybridized carbons (Fsp3) is 0.267. The number of nitrogens with zero attached hydrogens (tertiary/aromatic N) is 1. The fourth-order valence-corrected chi connectivity index (χ4v) is 4.15. The van der Waals surface area contributed by atoms with Gasteiger partial charge in [0.25, 0.3) is 0 Å². The molecule has 1 amide bonds. The summed E-state index contributed by atoms with van der Waals surface area (Å²) in [5, 5.41) is 1.38. The summed E-state index contributed by atoms with van der Waals surface area (Å²) in [7, 11) is -0.130. The van der Waals surface area contributed by atoms with Gasteiger partial charge < -0.3 is 10.6 Å². The molecule has 124 valence electrons. The number of carbonyl (C=O) groups excluding carboxylic acids is 1. The lowest BCUT2D eigenvalue weighted by Gasteiger charge is -2.18. The van der Waals surface area contributed by atoms with E-state index in [0.29, 0.717) is 5.39 Å². The summed E-state index contributed by atoms with van der Waals surface area (Å²) in [5.41, 5.74) is 6.09. The molecular formula is C15H19N3O3S2. The Kier molecular flexibility index (Phi) is 5.18. The molecule has 0 unspecified atom stereocenters. The molecule has 8 heteroatoms. The second-order valence-corrected chi connectivity index (χ2v) is 7.33. The molecule has 0 heterocycles. The largest absolute Gasteiger partial charge is 0.377 e. The topological polar surface area (TPSA) is 92.5 Å². The van der Waals surface area contributed by atoms with Crippen LogP contribution in [0.5, 0.6) is 0 Å². The predicted molar refractivity (Wildman–Crippen MR) is 95.4 cm³/mol. The number of amides is 1. The number of thiol groups is 1. The van der Waals surface area contributed by atoms with Gasteiger partial charge >= 0.3 is 0 Å². The smallest absolute Gasteiger partial charge is 0.241 e. The van der Waals surface area contributed by atoms with Crippen LogP contribution in [0.15, 0.2) is 41.3 Å². The summed E-state index contributed by atoms with van der Waals surface area (Å²) in [6.07, 6.45) is 0. The van der Waals surface area contributed by atoms with Crippen LogP contribution in [0.4, 0.5) is 5.69 Å². The van der Waals surface area contributed by atoms with E-state index in [1.807, 2.05) is 31.1 Å². The van der Waals surface area contributed by atoms with E-state index in [-0.39, 0.29) is 10.6 Å². The van der Waals surface area contributed by atoms with Gasteiger partial charge in [0.15, 0.2) is 0 Å². The first-order valence-corrected chi connectivity index (χ1v) is 9.01. The number of carbonyl (C=O) groups is 1. The first kappa shape index (κ1) is 17.6. The average molecular weight is 353 g/mol. The molecule has 0 aromatic heterocycles. The van der Waals surface area contributed by atoms with Crippen molar-refractivity contribution in [3.8, 4) is 0 Å². The highest BCUT2D eigenvalue weighted by Crippen LogP contribution is 2.30. The van der Waals surface area contributed by atoms with Crippen molar-refractivity contribution in [3.63, 3.8) is 0 Å². The Morgan fingerprint density at radius 2 is 1.83 bits per heavy atom. The number of nitrogens with one attached hydrogen (secondary N) is 1. The maximum absolute atomic E-state index is 12.6. The summed E-state index contributed by atoms with van der Waals surface area (Å²) in [6.45, 7) is 0. The lowest BCUT2D eigenvalue weighted by atomic mass is 10.1. The van der Waals surface area contributed by atoms with E-state index in [4.69, 9.17) is 5.73 Å². The summed E-state index contributed by atoms with van der Waals surface area (Å²) in [6, 6.07) is 9.40. The number of nitrogens with two attached hydrogens (primary N) is 1. The van der Waals surface area contributed by atoms with Crippen molar-refractivity contribution in [3.05, 3.63) is 36.4 Å². The fourth-order valence-electron chi connectivity index (χ4n) is 2.32. The normalized spacial score (nSPS) is 13.0. The zero-order valence-corrected chi connectivity index (χ0v) is 14.6. The van der Waals surface area contributed by atoms with E-state index < -0.39 is 22.0 Å². The molecule has 0 saturated heterocycles. The minimum Gasteiger partial charge on any atom is -0.377 e. The van der Waals surface area contributed by atoms with Gasteiger partial charge in [-0.05, 0) is 12.1 Å². The van der Waals surface area contributed by atoms with E-state index in [1.165, 1.54) is 6.07 Å². The molecule has 0 fully saturated rings. The molecule has 2 aromatic carbocycles. The molecular weight excluding hydrogens is 334 g/mol. The van der Waals surface area contributed by atoms with Gasteiger partial charge in [-0.1, -0.05) is 24.3 Å². The predicted octanol–water partition coefficient (Wildman–Crippen LogP) is 0.968. The second-order valence-electron chi connectivity index (χ2n) is 5.28. The number of benzene rings is 2. The Morgan fingerprint density at radius 1 is 1.22 bits per heavy atom. The second kappa shape index (κ2) is 6.77. The SMILES string of the molecule is CN(C)c1cccc2c(S(=O)(=O)N[C@@H](CS)C(N)=O)cccc12. The summed E-state index contributed by atoms with van der Waals surface area (Å²) >= 11 is 3.96. The quantitative estimate of drug-likeness (QED) is 0.675. The zero-order valence-electron chi connectivity index (χ0n) is 12.9. The highest BCUT2D eigenvalue weighted by Gasteiger charge is 2.24. The third-order valence-corrected chi connectivity index (χ3v) is 5.35. The van der Waals surface area contributed by atoms with Crippen LogP contribution in [0.1, 0.15) is 0 Å². The lowest BCUT2D eigenvalue weighted by Crippen LogP contribution is -2.45. The molecule has 0 aliphatic carbocycles. The van der Waals surface area contributed by atoms with Crippen LogP contribution in [0.25, 0.3) is 10.8 Å². The summed E-state index contributed by atoms with van der Waals surface area (Å²) < 4.78 is 27.6. The minimum atomic E-state index is -3.90. The van der Waals surface area contributed by atoms with Crippen molar-refractivity contribution in [2.45, 2.75) is 10.9 Å². The van der Waals surface area contributed by atoms with Crippen molar-refractivity contribution in [2.75, 3.05) is 24.7 Å². The Bertz CT molecular complexity index is 835. The minimum absolute atomic E-state index is 0.0116. The van der Waals surface area contributed by atoms with Crippen LogP contribution >= 0.6 is 12.6 Å². The number of anilines is 1. The Morgan fingerprint density at radius 3 is 2.39 bits per heavy atom. The van der Waals surface area contributed by atoms with E-state index in [9.17, 15) is 13.2 Å². The van der Waals surface area contributed by atoms with Crippen molar-refractivity contribution in [2.24, 2.45) is 5.73 Å². The highest BCUT2D eigenvalue weighted by atomic mass is 32.2. The van der Waals surface area contributed by atoms with Crippen LogP contribution in [-0.2, 0) is 14.8 Å². The molecule has 23 heavy (non-hydrogen) atoms. The van der Waals surface area contributed by atoms with Gasteiger partial charge in [-0.2, -0.15) is 17.4 Å². The Balaban J connectivity index is 2.59. The standard InChI is InChI=1S/C15H19N3O3S2/c1-18(2)13-7-3-6-11-10(13)5-4-8-14(11)23(20,21)17-12(9-22)15(16)19/h3-8,12,17,22H,9H2,1-2H3,(H2,16,19)/t12-/m0/s1. The Hall–Kier alpha value is -1.77. The third kappa shape index (κ3) is 3.60. The molecule has 0 bridgehead atoms. The van der Waals surface area contributed by atoms with Gasteiger partial charge in [0, 0.05) is 36.3 Å². The van der Waals surface area contributed by atoms with Gasteiger partial charge in [0.2, 0.25) is 15.9 Å². The van der Waals surface area contributed by atoms with Crippen molar-refractivity contribution >= 4 is 45.0 Å². The molecule has 6 nitrogen and oxygen atoms in total. The van der Waals surface area contributed by atoms with Crippen LogP contribution in [0.3, 0.4) is 0 Å². The van der Waals surface area contributed by atoms with E-state index >= 15 is 0 Å².